The average molecular weight is 296 g/mol. The maximum atomic E-state index is 12.0. The Balaban J connectivity index is 2.24. The van der Waals surface area contributed by atoms with Crippen molar-refractivity contribution in [2.24, 2.45) is 0 Å². The van der Waals surface area contributed by atoms with Crippen LogP contribution in [0.5, 0.6) is 0 Å². The molecule has 16 heavy (non-hydrogen) atoms. The fourth-order valence-electron chi connectivity index (χ4n) is 1.42. The lowest BCUT2D eigenvalue weighted by atomic mass is 10.1. The third-order valence-electron chi connectivity index (χ3n) is 2.21. The molecule has 0 aliphatic rings. The second-order valence-electron chi connectivity index (χ2n) is 3.42. The average Bonchev–Trinajstić information content (AvgIpc) is 2.74. The third-order valence-corrected chi connectivity index (χ3v) is 3.77. The minimum absolute atomic E-state index is 0.0848. The molecule has 2 aromatic rings. The van der Waals surface area contributed by atoms with Crippen LogP contribution in [0.3, 0.4) is 0 Å². The van der Waals surface area contributed by atoms with Crippen molar-refractivity contribution < 1.29 is 4.79 Å². The number of thiophene rings is 1. The van der Waals surface area contributed by atoms with E-state index in [1.54, 1.807) is 29.5 Å². The first-order valence-corrected chi connectivity index (χ1v) is 6.44. The van der Waals surface area contributed by atoms with Crippen LogP contribution >= 0.6 is 27.3 Å². The van der Waals surface area contributed by atoms with E-state index in [-0.39, 0.29) is 5.78 Å². The van der Waals surface area contributed by atoms with E-state index < -0.39 is 0 Å². The van der Waals surface area contributed by atoms with Gasteiger partial charge in [-0.05, 0) is 29.6 Å². The highest BCUT2D eigenvalue weighted by Gasteiger charge is 2.11. The van der Waals surface area contributed by atoms with Gasteiger partial charge in [0.25, 0.3) is 0 Å². The minimum Gasteiger partial charge on any atom is -0.399 e. The van der Waals surface area contributed by atoms with Crippen molar-refractivity contribution in [3.63, 3.8) is 0 Å². The summed E-state index contributed by atoms with van der Waals surface area (Å²) in [5.41, 5.74) is 6.92. The molecule has 0 atom stereocenters. The Morgan fingerprint density at radius 1 is 1.38 bits per heavy atom. The lowest BCUT2D eigenvalue weighted by molar-refractivity contribution is 0.0993. The molecule has 0 radical (unpaired) electrons. The number of hydrogen-bond acceptors (Lipinski definition) is 3. The van der Waals surface area contributed by atoms with E-state index in [4.69, 9.17) is 5.73 Å². The van der Waals surface area contributed by atoms with Crippen molar-refractivity contribution >= 4 is 38.7 Å². The van der Waals surface area contributed by atoms with Crippen LogP contribution in [0.15, 0.2) is 40.2 Å². The predicted molar refractivity (Wildman–Crippen MR) is 70.9 cm³/mol. The van der Waals surface area contributed by atoms with Crippen molar-refractivity contribution in [2.75, 3.05) is 5.73 Å². The summed E-state index contributed by atoms with van der Waals surface area (Å²) in [6, 6.07) is 9.19. The summed E-state index contributed by atoms with van der Waals surface area (Å²) >= 11 is 4.95. The highest BCUT2D eigenvalue weighted by Crippen LogP contribution is 2.22. The van der Waals surface area contributed by atoms with Crippen molar-refractivity contribution in [1.82, 2.24) is 0 Å². The van der Waals surface area contributed by atoms with Gasteiger partial charge in [0.1, 0.15) is 0 Å². The Morgan fingerprint density at radius 3 is 2.88 bits per heavy atom. The zero-order chi connectivity index (χ0) is 11.5. The van der Waals surface area contributed by atoms with E-state index >= 15 is 0 Å². The molecule has 0 aliphatic carbocycles. The van der Waals surface area contributed by atoms with E-state index in [2.05, 4.69) is 15.9 Å². The molecule has 1 aromatic carbocycles. The molecule has 0 saturated carbocycles. The fourth-order valence-corrected chi connectivity index (χ4v) is 2.59. The van der Waals surface area contributed by atoms with E-state index in [0.717, 1.165) is 9.35 Å². The second-order valence-corrected chi connectivity index (χ2v) is 5.31. The Kier molecular flexibility index (Phi) is 3.41. The molecule has 0 amide bonds. The lowest BCUT2D eigenvalue weighted by Crippen LogP contribution is -2.04. The molecule has 0 fully saturated rings. The molecule has 4 heteroatoms. The maximum absolute atomic E-state index is 12.0. The summed E-state index contributed by atoms with van der Waals surface area (Å²) in [7, 11) is 0. The van der Waals surface area contributed by atoms with Crippen LogP contribution in [0, 0.1) is 0 Å². The molecular formula is C12H10BrNOS. The highest BCUT2D eigenvalue weighted by molar-refractivity contribution is 9.10. The molecule has 0 aliphatic heterocycles. The fraction of sp³-hybridized carbons (Fsp3) is 0.0833. The number of hydrogen-bond donors (Lipinski definition) is 1. The Labute approximate surface area is 106 Å². The number of carbonyl (C=O) groups excluding carboxylic acids is 1. The van der Waals surface area contributed by atoms with Crippen LogP contribution in [-0.2, 0) is 6.42 Å². The topological polar surface area (TPSA) is 43.1 Å². The SMILES string of the molecule is Nc1ccc(Br)c(C(=O)Cc2cccs2)c1. The van der Waals surface area contributed by atoms with Gasteiger partial charge in [0.2, 0.25) is 0 Å². The van der Waals surface area contributed by atoms with Crippen molar-refractivity contribution in [1.29, 1.82) is 0 Å². The van der Waals surface area contributed by atoms with Crippen LogP contribution in [0.1, 0.15) is 15.2 Å². The van der Waals surface area contributed by atoms with Crippen LogP contribution in [0.2, 0.25) is 0 Å². The van der Waals surface area contributed by atoms with Crippen LogP contribution < -0.4 is 5.73 Å². The van der Waals surface area contributed by atoms with Gasteiger partial charge in [0, 0.05) is 27.0 Å². The van der Waals surface area contributed by atoms with E-state index in [9.17, 15) is 4.79 Å². The van der Waals surface area contributed by atoms with Gasteiger partial charge in [0.15, 0.2) is 5.78 Å². The number of anilines is 1. The van der Waals surface area contributed by atoms with Crippen molar-refractivity contribution in [3.05, 3.63) is 50.6 Å². The first-order chi connectivity index (χ1) is 7.66. The zero-order valence-corrected chi connectivity index (χ0v) is 10.8. The Morgan fingerprint density at radius 2 is 2.19 bits per heavy atom. The summed E-state index contributed by atoms with van der Waals surface area (Å²) in [6.07, 6.45) is 0.430. The summed E-state index contributed by atoms with van der Waals surface area (Å²) in [5.74, 6) is 0.0848. The Bertz CT molecular complexity index is 508. The molecule has 0 unspecified atom stereocenters. The number of carbonyl (C=O) groups is 1. The molecule has 1 aromatic heterocycles. The van der Waals surface area contributed by atoms with E-state index in [1.165, 1.54) is 0 Å². The molecule has 82 valence electrons. The monoisotopic (exact) mass is 295 g/mol. The molecule has 0 saturated heterocycles. The van der Waals surface area contributed by atoms with Crippen molar-refractivity contribution in [3.8, 4) is 0 Å². The standard InChI is InChI=1S/C12H10BrNOS/c13-11-4-3-8(14)6-10(11)12(15)7-9-2-1-5-16-9/h1-6H,7,14H2. The highest BCUT2D eigenvalue weighted by atomic mass is 79.9. The first-order valence-electron chi connectivity index (χ1n) is 4.77. The predicted octanol–water partition coefficient (Wildman–Crippen LogP) is 3.52. The van der Waals surface area contributed by atoms with Gasteiger partial charge >= 0.3 is 0 Å². The largest absolute Gasteiger partial charge is 0.399 e. The molecule has 1 heterocycles. The summed E-state index contributed by atoms with van der Waals surface area (Å²) in [5, 5.41) is 1.97. The molecule has 2 nitrogen and oxygen atoms in total. The Hall–Kier alpha value is -1.13. The van der Waals surface area contributed by atoms with Crippen LogP contribution in [-0.4, -0.2) is 5.78 Å². The molecule has 2 N–H and O–H groups in total. The van der Waals surface area contributed by atoms with Gasteiger partial charge < -0.3 is 5.73 Å². The number of nitrogens with two attached hydrogens (primary N) is 1. The van der Waals surface area contributed by atoms with E-state index in [0.29, 0.717) is 17.7 Å². The number of halogens is 1. The molecule has 0 bridgehead atoms. The normalized spacial score (nSPS) is 10.3. The van der Waals surface area contributed by atoms with Gasteiger partial charge in [0.05, 0.1) is 0 Å². The van der Waals surface area contributed by atoms with Gasteiger partial charge in [-0.25, -0.2) is 0 Å². The quantitative estimate of drug-likeness (QED) is 0.695. The minimum atomic E-state index is 0.0848. The van der Waals surface area contributed by atoms with E-state index in [1.807, 2.05) is 17.5 Å². The summed E-state index contributed by atoms with van der Waals surface area (Å²) < 4.78 is 0.795. The van der Waals surface area contributed by atoms with Crippen LogP contribution in [0.25, 0.3) is 0 Å². The van der Waals surface area contributed by atoms with Crippen LogP contribution in [0.4, 0.5) is 5.69 Å². The number of rotatable bonds is 3. The van der Waals surface area contributed by atoms with Gasteiger partial charge in [-0.1, -0.05) is 22.0 Å². The molecule has 2 rings (SSSR count). The van der Waals surface area contributed by atoms with Gasteiger partial charge in [-0.2, -0.15) is 0 Å². The van der Waals surface area contributed by atoms with Gasteiger partial charge in [-0.15, -0.1) is 11.3 Å². The lowest BCUT2D eigenvalue weighted by Gasteiger charge is -2.03. The summed E-state index contributed by atoms with van der Waals surface area (Å²) in [6.45, 7) is 0. The first kappa shape index (κ1) is 11.4. The zero-order valence-electron chi connectivity index (χ0n) is 8.44. The smallest absolute Gasteiger partial charge is 0.169 e. The van der Waals surface area contributed by atoms with Gasteiger partial charge in [-0.3, -0.25) is 4.79 Å². The second kappa shape index (κ2) is 4.80. The molecular weight excluding hydrogens is 286 g/mol. The third kappa shape index (κ3) is 2.51. The number of benzene rings is 1. The molecule has 0 spiro atoms. The maximum Gasteiger partial charge on any atom is 0.169 e. The number of Topliss-reactive ketones (excluding diaryl/α,β-unsaturated/α-hetero) is 1. The summed E-state index contributed by atoms with van der Waals surface area (Å²) in [4.78, 5) is 13.1. The number of nitrogen functional groups attached to an aromatic ring is 1. The van der Waals surface area contributed by atoms with Crippen molar-refractivity contribution in [2.45, 2.75) is 6.42 Å². The number of ketones is 1.